The first-order chi connectivity index (χ1) is 9.70. The molecule has 1 fully saturated rings. The average molecular weight is 288 g/mol. The molecule has 0 aromatic heterocycles. The van der Waals surface area contributed by atoms with E-state index in [2.05, 4.69) is 19.1 Å². The number of ether oxygens (including phenoxy) is 2. The monoisotopic (exact) mass is 288 g/mol. The number of hydrogen-bond donors (Lipinski definition) is 3. The van der Waals surface area contributed by atoms with Gasteiger partial charge in [-0.3, -0.25) is 0 Å². The molecule has 0 bridgehead atoms. The summed E-state index contributed by atoms with van der Waals surface area (Å²) in [6, 6.07) is 0. The Hall–Kier alpha value is -0.460. The van der Waals surface area contributed by atoms with E-state index < -0.39 is 31.0 Å². The van der Waals surface area contributed by atoms with Crippen molar-refractivity contribution in [3.8, 4) is 0 Å². The highest BCUT2D eigenvalue weighted by atomic mass is 16.6. The van der Waals surface area contributed by atoms with Crippen LogP contribution in [0.5, 0.6) is 0 Å². The first kappa shape index (κ1) is 17.6. The average Bonchev–Trinajstić information content (AvgIpc) is 2.82. The lowest BCUT2D eigenvalue weighted by Gasteiger charge is -2.23. The van der Waals surface area contributed by atoms with E-state index in [1.807, 2.05) is 0 Å². The highest BCUT2D eigenvalue weighted by Gasteiger charge is 2.40. The number of hydrogen-bond acceptors (Lipinski definition) is 5. The fraction of sp³-hybridized carbons (Fsp3) is 0.867. The summed E-state index contributed by atoms with van der Waals surface area (Å²) >= 11 is 0. The van der Waals surface area contributed by atoms with E-state index >= 15 is 0 Å². The predicted molar refractivity (Wildman–Crippen MR) is 76.5 cm³/mol. The van der Waals surface area contributed by atoms with Crippen molar-refractivity contribution >= 4 is 0 Å². The van der Waals surface area contributed by atoms with Gasteiger partial charge in [0.2, 0.25) is 0 Å². The molecule has 1 heterocycles. The molecule has 0 amide bonds. The Morgan fingerprint density at radius 1 is 1.30 bits per heavy atom. The van der Waals surface area contributed by atoms with Gasteiger partial charge in [-0.05, 0) is 19.3 Å². The Balaban J connectivity index is 2.17. The number of allylic oxidation sites excluding steroid dienone is 2. The molecule has 3 N–H and O–H groups in total. The molecular weight excluding hydrogens is 260 g/mol. The van der Waals surface area contributed by atoms with Gasteiger partial charge in [0, 0.05) is 6.61 Å². The molecule has 118 valence electrons. The molecule has 1 saturated heterocycles. The van der Waals surface area contributed by atoms with Gasteiger partial charge in [0.25, 0.3) is 0 Å². The number of rotatable bonds is 10. The van der Waals surface area contributed by atoms with Gasteiger partial charge in [-0.1, -0.05) is 31.9 Å². The molecule has 1 rings (SSSR count). The van der Waals surface area contributed by atoms with E-state index in [0.717, 1.165) is 19.3 Å². The summed E-state index contributed by atoms with van der Waals surface area (Å²) < 4.78 is 10.9. The second-order valence-corrected chi connectivity index (χ2v) is 5.21. The normalized spacial score (nSPS) is 28.3. The lowest BCUT2D eigenvalue weighted by atomic mass is 10.1. The smallest absolute Gasteiger partial charge is 0.114 e. The highest BCUT2D eigenvalue weighted by molar-refractivity contribution is 4.89. The molecule has 20 heavy (non-hydrogen) atoms. The van der Waals surface area contributed by atoms with Crippen molar-refractivity contribution in [3.05, 3.63) is 12.2 Å². The third-order valence-electron chi connectivity index (χ3n) is 3.45. The summed E-state index contributed by atoms with van der Waals surface area (Å²) in [6.07, 6.45) is 6.77. The SMILES string of the molecule is CCCC/C=C/CCCO[C@H]1[C@@H]([C@@H](O)CO)OC[C@H]1O. The summed E-state index contributed by atoms with van der Waals surface area (Å²) in [5, 5.41) is 28.3. The summed E-state index contributed by atoms with van der Waals surface area (Å²) in [7, 11) is 0. The molecule has 0 saturated carbocycles. The molecule has 0 spiro atoms. The minimum Gasteiger partial charge on any atom is -0.394 e. The van der Waals surface area contributed by atoms with Crippen molar-refractivity contribution in [1.82, 2.24) is 0 Å². The van der Waals surface area contributed by atoms with Crippen LogP contribution in [-0.4, -0.2) is 59.6 Å². The van der Waals surface area contributed by atoms with Crippen LogP contribution in [0, 0.1) is 0 Å². The maximum Gasteiger partial charge on any atom is 0.114 e. The molecule has 0 aromatic rings. The van der Waals surface area contributed by atoms with Crippen molar-refractivity contribution in [3.63, 3.8) is 0 Å². The van der Waals surface area contributed by atoms with Crippen molar-refractivity contribution in [2.24, 2.45) is 0 Å². The van der Waals surface area contributed by atoms with E-state index in [1.54, 1.807) is 0 Å². The van der Waals surface area contributed by atoms with Crippen molar-refractivity contribution in [2.45, 2.75) is 63.4 Å². The molecule has 0 aliphatic carbocycles. The van der Waals surface area contributed by atoms with E-state index in [4.69, 9.17) is 14.6 Å². The van der Waals surface area contributed by atoms with Crippen LogP contribution in [-0.2, 0) is 9.47 Å². The van der Waals surface area contributed by atoms with Gasteiger partial charge >= 0.3 is 0 Å². The zero-order valence-electron chi connectivity index (χ0n) is 12.3. The first-order valence-corrected chi connectivity index (χ1v) is 7.55. The first-order valence-electron chi connectivity index (χ1n) is 7.55. The van der Waals surface area contributed by atoms with E-state index in [9.17, 15) is 10.2 Å². The molecule has 5 nitrogen and oxygen atoms in total. The van der Waals surface area contributed by atoms with Gasteiger partial charge in [-0.2, -0.15) is 0 Å². The Bertz CT molecular complexity index is 269. The molecule has 4 atom stereocenters. The fourth-order valence-corrected chi connectivity index (χ4v) is 2.24. The van der Waals surface area contributed by atoms with Gasteiger partial charge in [-0.15, -0.1) is 0 Å². The van der Waals surface area contributed by atoms with Crippen LogP contribution < -0.4 is 0 Å². The van der Waals surface area contributed by atoms with Crippen molar-refractivity contribution in [1.29, 1.82) is 0 Å². The minimum absolute atomic E-state index is 0.142. The highest BCUT2D eigenvalue weighted by Crippen LogP contribution is 2.21. The van der Waals surface area contributed by atoms with Gasteiger partial charge in [0.1, 0.15) is 24.4 Å². The summed E-state index contributed by atoms with van der Waals surface area (Å²) in [5.74, 6) is 0. The number of unbranched alkanes of at least 4 members (excludes halogenated alkanes) is 3. The van der Waals surface area contributed by atoms with Crippen molar-refractivity contribution in [2.75, 3.05) is 19.8 Å². The largest absolute Gasteiger partial charge is 0.394 e. The van der Waals surface area contributed by atoms with Crippen LogP contribution >= 0.6 is 0 Å². The minimum atomic E-state index is -1.01. The summed E-state index contributed by atoms with van der Waals surface area (Å²) in [5.41, 5.74) is 0. The third-order valence-corrected chi connectivity index (χ3v) is 3.45. The molecule has 5 heteroatoms. The van der Waals surface area contributed by atoms with E-state index in [-0.39, 0.29) is 6.61 Å². The van der Waals surface area contributed by atoms with Gasteiger partial charge < -0.3 is 24.8 Å². The van der Waals surface area contributed by atoms with Crippen LogP contribution in [0.3, 0.4) is 0 Å². The second kappa shape index (κ2) is 10.3. The molecular formula is C15H28O5. The van der Waals surface area contributed by atoms with Crippen molar-refractivity contribution < 1.29 is 24.8 Å². The quantitative estimate of drug-likeness (QED) is 0.413. The van der Waals surface area contributed by atoms with Crippen LogP contribution in [0.1, 0.15) is 39.0 Å². The van der Waals surface area contributed by atoms with Gasteiger partial charge in [-0.25, -0.2) is 0 Å². The van der Waals surface area contributed by atoms with E-state index in [0.29, 0.717) is 6.61 Å². The van der Waals surface area contributed by atoms with E-state index in [1.165, 1.54) is 12.8 Å². The maximum atomic E-state index is 9.75. The molecule has 1 aliphatic rings. The van der Waals surface area contributed by atoms with Crippen LogP contribution in [0.15, 0.2) is 12.2 Å². The van der Waals surface area contributed by atoms with Crippen LogP contribution in [0.4, 0.5) is 0 Å². The van der Waals surface area contributed by atoms with Crippen LogP contribution in [0.2, 0.25) is 0 Å². The maximum absolute atomic E-state index is 9.75. The Labute approximate surface area is 121 Å². The Kier molecular flexibility index (Phi) is 9.05. The van der Waals surface area contributed by atoms with Crippen LogP contribution in [0.25, 0.3) is 0 Å². The van der Waals surface area contributed by atoms with Gasteiger partial charge in [0.05, 0.1) is 13.2 Å². The third kappa shape index (κ3) is 5.89. The second-order valence-electron chi connectivity index (χ2n) is 5.21. The lowest BCUT2D eigenvalue weighted by Crippen LogP contribution is -2.42. The molecule has 0 unspecified atom stereocenters. The molecule has 0 radical (unpaired) electrons. The Morgan fingerprint density at radius 2 is 2.00 bits per heavy atom. The predicted octanol–water partition coefficient (Wildman–Crippen LogP) is 1.01. The Morgan fingerprint density at radius 3 is 2.65 bits per heavy atom. The summed E-state index contributed by atoms with van der Waals surface area (Å²) in [6.45, 7) is 2.44. The zero-order valence-corrected chi connectivity index (χ0v) is 12.3. The molecule has 1 aliphatic heterocycles. The zero-order chi connectivity index (χ0) is 14.8. The fourth-order valence-electron chi connectivity index (χ4n) is 2.24. The number of aliphatic hydroxyl groups excluding tert-OH is 3. The standard InChI is InChI=1S/C15H28O5/c1-2-3-4-5-6-7-8-9-19-15-13(18)11-20-14(15)12(17)10-16/h5-6,12-18H,2-4,7-11H2,1H3/b6-5+/t12-,13+,14+,15+/m0/s1. The topological polar surface area (TPSA) is 79.2 Å². The molecule has 0 aromatic carbocycles. The number of aliphatic hydroxyl groups is 3. The summed E-state index contributed by atoms with van der Waals surface area (Å²) in [4.78, 5) is 0. The van der Waals surface area contributed by atoms with Gasteiger partial charge in [0.15, 0.2) is 0 Å². The lowest BCUT2D eigenvalue weighted by molar-refractivity contribution is -0.0935.